The first kappa shape index (κ1) is 12.9. The van der Waals surface area contributed by atoms with E-state index in [9.17, 15) is 12.8 Å². The molecule has 94 valence electrons. The number of pyridine rings is 2. The molecule has 2 rings (SSSR count). The molecule has 8 heteroatoms. The predicted molar refractivity (Wildman–Crippen MR) is 66.9 cm³/mol. The van der Waals surface area contributed by atoms with E-state index in [1.165, 1.54) is 24.5 Å². The van der Waals surface area contributed by atoms with E-state index >= 15 is 0 Å². The molecule has 5 nitrogen and oxygen atoms in total. The van der Waals surface area contributed by atoms with Gasteiger partial charge in [-0.05, 0) is 34.1 Å². The molecule has 1 N–H and O–H groups in total. The van der Waals surface area contributed by atoms with Gasteiger partial charge < -0.3 is 0 Å². The Hall–Kier alpha value is -1.54. The first-order valence-electron chi connectivity index (χ1n) is 4.72. The van der Waals surface area contributed by atoms with Gasteiger partial charge in [-0.15, -0.1) is 0 Å². The molecule has 0 aliphatic heterocycles. The average Bonchev–Trinajstić information content (AvgIpc) is 2.32. The van der Waals surface area contributed by atoms with E-state index in [1.54, 1.807) is 0 Å². The summed E-state index contributed by atoms with van der Waals surface area (Å²) in [5.74, 6) is -0.679. The maximum absolute atomic E-state index is 12.6. The Bertz CT molecular complexity index is 661. The van der Waals surface area contributed by atoms with Gasteiger partial charge in [0.25, 0.3) is 10.0 Å². The summed E-state index contributed by atoms with van der Waals surface area (Å²) in [6.07, 6.45) is 3.78. The van der Waals surface area contributed by atoms with Crippen LogP contribution in [0.15, 0.2) is 46.2 Å². The highest BCUT2D eigenvalue weighted by Crippen LogP contribution is 2.17. The van der Waals surface area contributed by atoms with Crippen LogP contribution in [0.25, 0.3) is 0 Å². The summed E-state index contributed by atoms with van der Waals surface area (Å²) in [7, 11) is -3.75. The van der Waals surface area contributed by atoms with Crippen molar-refractivity contribution < 1.29 is 12.8 Å². The van der Waals surface area contributed by atoms with Gasteiger partial charge in [0.2, 0.25) is 5.95 Å². The zero-order valence-corrected chi connectivity index (χ0v) is 11.2. The number of sulfonamides is 1. The Morgan fingerprint density at radius 3 is 2.61 bits per heavy atom. The van der Waals surface area contributed by atoms with Crippen molar-refractivity contribution in [2.45, 2.75) is 4.90 Å². The number of hydrogen-bond donors (Lipinski definition) is 1. The first-order chi connectivity index (χ1) is 8.47. The number of nitrogens with zero attached hydrogens (tertiary/aromatic N) is 2. The second kappa shape index (κ2) is 4.99. The summed E-state index contributed by atoms with van der Waals surface area (Å²) in [6.45, 7) is 0. The van der Waals surface area contributed by atoms with Crippen LogP contribution < -0.4 is 4.72 Å². The zero-order valence-electron chi connectivity index (χ0n) is 8.84. The third-order valence-electron chi connectivity index (χ3n) is 1.97. The molecule has 0 amide bonds. The van der Waals surface area contributed by atoms with Gasteiger partial charge in [0.05, 0.1) is 11.9 Å². The molecule has 0 saturated heterocycles. The molecule has 0 radical (unpaired) electrons. The molecule has 0 saturated carbocycles. The Kier molecular flexibility index (Phi) is 3.58. The topological polar surface area (TPSA) is 72.0 Å². The molecule has 2 aromatic rings. The lowest BCUT2D eigenvalue weighted by Crippen LogP contribution is -2.13. The largest absolute Gasteiger partial charge is 0.278 e. The lowest BCUT2D eigenvalue weighted by Gasteiger charge is -2.07. The molecule has 18 heavy (non-hydrogen) atoms. The SMILES string of the molecule is O=S(=O)(Nc1ccc(F)nc1)c1cncc(Br)c1. The van der Waals surface area contributed by atoms with E-state index < -0.39 is 16.0 Å². The third-order valence-corrected chi connectivity index (χ3v) is 3.75. The minimum absolute atomic E-state index is 0.00111. The van der Waals surface area contributed by atoms with Crippen molar-refractivity contribution in [2.24, 2.45) is 0 Å². The number of anilines is 1. The van der Waals surface area contributed by atoms with E-state index in [4.69, 9.17) is 0 Å². The van der Waals surface area contributed by atoms with Crippen LogP contribution in [0.4, 0.5) is 10.1 Å². The smallest absolute Gasteiger partial charge is 0.263 e. The van der Waals surface area contributed by atoms with Gasteiger partial charge in [-0.1, -0.05) is 0 Å². The number of halogens is 2. The van der Waals surface area contributed by atoms with Gasteiger partial charge in [-0.2, -0.15) is 4.39 Å². The molecule has 0 aromatic carbocycles. The van der Waals surface area contributed by atoms with Crippen LogP contribution in [0, 0.1) is 5.95 Å². The Morgan fingerprint density at radius 2 is 2.00 bits per heavy atom. The second-order valence-corrected chi connectivity index (χ2v) is 5.91. The normalized spacial score (nSPS) is 11.2. The van der Waals surface area contributed by atoms with Crippen molar-refractivity contribution in [3.63, 3.8) is 0 Å². The van der Waals surface area contributed by atoms with E-state index in [-0.39, 0.29) is 10.6 Å². The number of rotatable bonds is 3. The summed E-state index contributed by atoms with van der Waals surface area (Å²) in [5, 5.41) is 0. The fourth-order valence-electron chi connectivity index (χ4n) is 1.19. The van der Waals surface area contributed by atoms with E-state index in [0.717, 1.165) is 12.3 Å². The molecule has 0 spiro atoms. The zero-order chi connectivity index (χ0) is 13.2. The van der Waals surface area contributed by atoms with E-state index in [0.29, 0.717) is 4.47 Å². The monoisotopic (exact) mass is 331 g/mol. The van der Waals surface area contributed by atoms with Crippen molar-refractivity contribution in [1.29, 1.82) is 0 Å². The molecule has 0 bridgehead atoms. The quantitative estimate of drug-likeness (QED) is 0.875. The van der Waals surface area contributed by atoms with Gasteiger partial charge >= 0.3 is 0 Å². The molecule has 0 aliphatic rings. The van der Waals surface area contributed by atoms with Crippen molar-refractivity contribution >= 4 is 31.6 Å². The lowest BCUT2D eigenvalue weighted by atomic mass is 10.4. The molecule has 0 atom stereocenters. The molecule has 0 aliphatic carbocycles. The predicted octanol–water partition coefficient (Wildman–Crippen LogP) is 2.18. The summed E-state index contributed by atoms with van der Waals surface area (Å²) >= 11 is 3.13. The van der Waals surface area contributed by atoms with Gasteiger partial charge in [0.1, 0.15) is 4.90 Å². The Morgan fingerprint density at radius 1 is 1.22 bits per heavy atom. The van der Waals surface area contributed by atoms with Crippen molar-refractivity contribution in [3.8, 4) is 0 Å². The number of aromatic nitrogens is 2. The first-order valence-corrected chi connectivity index (χ1v) is 7.00. The van der Waals surface area contributed by atoms with Crippen molar-refractivity contribution in [3.05, 3.63) is 47.2 Å². The molecule has 2 aromatic heterocycles. The molecule has 0 fully saturated rings. The summed E-state index contributed by atoms with van der Waals surface area (Å²) in [5.41, 5.74) is 0.177. The van der Waals surface area contributed by atoms with Crippen LogP contribution in [0.1, 0.15) is 0 Å². The Labute approximate surface area is 111 Å². The molecule has 2 heterocycles. The molecular formula is C10H7BrFN3O2S. The van der Waals surface area contributed by atoms with Crippen molar-refractivity contribution in [1.82, 2.24) is 9.97 Å². The highest BCUT2D eigenvalue weighted by Gasteiger charge is 2.15. The maximum atomic E-state index is 12.6. The number of hydrogen-bond acceptors (Lipinski definition) is 4. The van der Waals surface area contributed by atoms with Crippen LogP contribution in [0.3, 0.4) is 0 Å². The summed E-state index contributed by atoms with van der Waals surface area (Å²) in [6, 6.07) is 3.76. The van der Waals surface area contributed by atoms with E-state index in [2.05, 4.69) is 30.6 Å². The summed E-state index contributed by atoms with van der Waals surface area (Å²) in [4.78, 5) is 7.12. The highest BCUT2D eigenvalue weighted by molar-refractivity contribution is 9.10. The van der Waals surface area contributed by atoms with Crippen LogP contribution in [0.5, 0.6) is 0 Å². The van der Waals surface area contributed by atoms with Crippen LogP contribution in [-0.4, -0.2) is 18.4 Å². The van der Waals surface area contributed by atoms with E-state index in [1.807, 2.05) is 0 Å². The van der Waals surface area contributed by atoms with Crippen molar-refractivity contribution in [2.75, 3.05) is 4.72 Å². The minimum Gasteiger partial charge on any atom is -0.278 e. The van der Waals surface area contributed by atoms with Gasteiger partial charge in [-0.25, -0.2) is 13.4 Å². The van der Waals surface area contributed by atoms with Crippen LogP contribution in [0.2, 0.25) is 0 Å². The molecule has 0 unspecified atom stereocenters. The highest BCUT2D eigenvalue weighted by atomic mass is 79.9. The fraction of sp³-hybridized carbons (Fsp3) is 0. The minimum atomic E-state index is -3.75. The van der Waals surface area contributed by atoms with Crippen LogP contribution in [-0.2, 0) is 10.0 Å². The lowest BCUT2D eigenvalue weighted by molar-refractivity contribution is 0.583. The fourth-order valence-corrected chi connectivity index (χ4v) is 2.74. The Balaban J connectivity index is 2.30. The van der Waals surface area contributed by atoms with Gasteiger partial charge in [0.15, 0.2) is 0 Å². The average molecular weight is 332 g/mol. The van der Waals surface area contributed by atoms with Gasteiger partial charge in [-0.3, -0.25) is 9.71 Å². The summed E-state index contributed by atoms with van der Waals surface area (Å²) < 4.78 is 39.3. The third kappa shape index (κ3) is 3.02. The molecular weight excluding hydrogens is 325 g/mol. The second-order valence-electron chi connectivity index (χ2n) is 3.31. The van der Waals surface area contributed by atoms with Crippen LogP contribution >= 0.6 is 15.9 Å². The van der Waals surface area contributed by atoms with Gasteiger partial charge in [0, 0.05) is 16.9 Å². The standard InChI is InChI=1S/C10H7BrFN3O2S/c11-7-3-9(6-13-4-7)18(16,17)15-8-1-2-10(12)14-5-8/h1-6,15H. The maximum Gasteiger partial charge on any atom is 0.263 e. The number of nitrogens with one attached hydrogen (secondary N) is 1.